The van der Waals surface area contributed by atoms with Crippen LogP contribution in [0.15, 0.2) is 12.1 Å². The molecule has 0 bridgehead atoms. The Morgan fingerprint density at radius 1 is 1.05 bits per heavy atom. The van der Waals surface area contributed by atoms with E-state index in [9.17, 15) is 0 Å². The van der Waals surface area contributed by atoms with Gasteiger partial charge in [-0.15, -0.1) is 0 Å². The number of hydrogen-bond acceptors (Lipinski definition) is 4. The van der Waals surface area contributed by atoms with Crippen molar-refractivity contribution < 1.29 is 14.2 Å². The van der Waals surface area contributed by atoms with E-state index in [0.717, 1.165) is 24.9 Å². The van der Waals surface area contributed by atoms with Gasteiger partial charge in [0, 0.05) is 13.1 Å². The second kappa shape index (κ2) is 9.28. The molecule has 1 aromatic rings. The van der Waals surface area contributed by atoms with Gasteiger partial charge in [0.1, 0.15) is 0 Å². The first-order valence-electron chi connectivity index (χ1n) is 6.96. The summed E-state index contributed by atoms with van der Waals surface area (Å²) < 4.78 is 15.9. The smallest absolute Gasteiger partial charge is 0.203 e. The zero-order chi connectivity index (χ0) is 15.7. The summed E-state index contributed by atoms with van der Waals surface area (Å²) in [6, 6.07) is 3.81. The fraction of sp³-hybridized carbons (Fsp3) is 0.533. The first-order valence-corrected chi connectivity index (χ1v) is 7.37. The summed E-state index contributed by atoms with van der Waals surface area (Å²) in [5, 5.41) is 6.98. The monoisotopic (exact) mass is 312 g/mol. The quantitative estimate of drug-likeness (QED) is 0.568. The topological polar surface area (TPSA) is 51.8 Å². The maximum absolute atomic E-state index is 5.32. The summed E-state index contributed by atoms with van der Waals surface area (Å²) in [7, 11) is 4.79. The van der Waals surface area contributed by atoms with Crippen LogP contribution in [0.4, 0.5) is 0 Å². The number of ether oxygens (including phenoxy) is 3. The molecule has 0 unspecified atom stereocenters. The van der Waals surface area contributed by atoms with Gasteiger partial charge in [-0.2, -0.15) is 0 Å². The maximum Gasteiger partial charge on any atom is 0.203 e. The highest BCUT2D eigenvalue weighted by Crippen LogP contribution is 2.38. The van der Waals surface area contributed by atoms with E-state index in [0.29, 0.717) is 28.9 Å². The standard InChI is InChI=1S/C15H24N2O3S/c1-5-6-7-16-15(21)17-10-11-8-12(18-2)14(20-4)13(9-11)19-3/h8-9H,5-7,10H2,1-4H3,(H2,16,17,21). The molecule has 118 valence electrons. The Hall–Kier alpha value is -1.69. The molecule has 0 aromatic heterocycles. The Labute approximate surface area is 132 Å². The molecule has 6 heteroatoms. The molecule has 0 aliphatic heterocycles. The van der Waals surface area contributed by atoms with Gasteiger partial charge >= 0.3 is 0 Å². The van der Waals surface area contributed by atoms with Crippen LogP contribution in [0.25, 0.3) is 0 Å². The average Bonchev–Trinajstić information content (AvgIpc) is 2.51. The molecule has 2 N–H and O–H groups in total. The molecule has 0 aliphatic rings. The van der Waals surface area contributed by atoms with Crippen molar-refractivity contribution in [1.82, 2.24) is 10.6 Å². The average molecular weight is 312 g/mol. The number of methoxy groups -OCH3 is 3. The number of hydrogen-bond donors (Lipinski definition) is 2. The van der Waals surface area contributed by atoms with E-state index < -0.39 is 0 Å². The largest absolute Gasteiger partial charge is 0.493 e. The van der Waals surface area contributed by atoms with Crippen molar-refractivity contribution in [2.24, 2.45) is 0 Å². The van der Waals surface area contributed by atoms with E-state index in [2.05, 4.69) is 17.6 Å². The highest BCUT2D eigenvalue weighted by atomic mass is 32.1. The molecule has 0 saturated carbocycles. The van der Waals surface area contributed by atoms with Crippen molar-refractivity contribution in [3.05, 3.63) is 17.7 Å². The van der Waals surface area contributed by atoms with Gasteiger partial charge in [-0.1, -0.05) is 13.3 Å². The Balaban J connectivity index is 2.69. The molecule has 0 amide bonds. The van der Waals surface area contributed by atoms with Crippen LogP contribution >= 0.6 is 12.2 Å². The van der Waals surface area contributed by atoms with Crippen molar-refractivity contribution >= 4 is 17.3 Å². The highest BCUT2D eigenvalue weighted by molar-refractivity contribution is 7.80. The van der Waals surface area contributed by atoms with Crippen molar-refractivity contribution in [3.63, 3.8) is 0 Å². The molecule has 0 heterocycles. The number of unbranched alkanes of at least 4 members (excludes halogenated alkanes) is 1. The van der Waals surface area contributed by atoms with Crippen LogP contribution in [0, 0.1) is 0 Å². The molecule has 5 nitrogen and oxygen atoms in total. The zero-order valence-corrected chi connectivity index (χ0v) is 13.9. The molecular weight excluding hydrogens is 288 g/mol. The second-order valence-electron chi connectivity index (χ2n) is 4.50. The van der Waals surface area contributed by atoms with Gasteiger partial charge in [0.15, 0.2) is 16.6 Å². The van der Waals surface area contributed by atoms with Gasteiger partial charge in [0.25, 0.3) is 0 Å². The van der Waals surface area contributed by atoms with Crippen molar-refractivity contribution in [2.45, 2.75) is 26.3 Å². The fourth-order valence-electron chi connectivity index (χ4n) is 1.86. The second-order valence-corrected chi connectivity index (χ2v) is 4.90. The predicted octanol–water partition coefficient (Wildman–Crippen LogP) is 2.48. The molecule has 0 saturated heterocycles. The van der Waals surface area contributed by atoms with Crippen molar-refractivity contribution in [2.75, 3.05) is 27.9 Å². The van der Waals surface area contributed by atoms with Crippen molar-refractivity contribution in [1.29, 1.82) is 0 Å². The molecule has 1 rings (SSSR count). The first kappa shape index (κ1) is 17.4. The number of rotatable bonds is 8. The highest BCUT2D eigenvalue weighted by Gasteiger charge is 2.13. The Morgan fingerprint density at radius 3 is 2.14 bits per heavy atom. The number of nitrogens with one attached hydrogen (secondary N) is 2. The predicted molar refractivity (Wildman–Crippen MR) is 88.4 cm³/mol. The summed E-state index contributed by atoms with van der Waals surface area (Å²) in [6.07, 6.45) is 2.24. The third-order valence-electron chi connectivity index (χ3n) is 2.99. The van der Waals surface area contributed by atoms with Crippen molar-refractivity contribution in [3.8, 4) is 17.2 Å². The van der Waals surface area contributed by atoms with Gasteiger partial charge in [0.05, 0.1) is 21.3 Å². The molecular formula is C15H24N2O3S. The van der Waals surface area contributed by atoms with E-state index >= 15 is 0 Å². The third-order valence-corrected chi connectivity index (χ3v) is 3.28. The normalized spacial score (nSPS) is 9.90. The van der Waals surface area contributed by atoms with E-state index in [1.807, 2.05) is 12.1 Å². The van der Waals surface area contributed by atoms with E-state index in [-0.39, 0.29) is 0 Å². The van der Waals surface area contributed by atoms with Gasteiger partial charge in [-0.3, -0.25) is 0 Å². The van der Waals surface area contributed by atoms with Gasteiger partial charge in [-0.05, 0) is 36.3 Å². The zero-order valence-electron chi connectivity index (χ0n) is 13.1. The summed E-state index contributed by atoms with van der Waals surface area (Å²) >= 11 is 5.23. The van der Waals surface area contributed by atoms with E-state index in [1.165, 1.54) is 0 Å². The van der Waals surface area contributed by atoms with Crippen LogP contribution in [-0.4, -0.2) is 33.0 Å². The van der Waals surface area contributed by atoms with Gasteiger partial charge in [-0.25, -0.2) is 0 Å². The summed E-state index contributed by atoms with van der Waals surface area (Å²) in [5.74, 6) is 1.87. The lowest BCUT2D eigenvalue weighted by Gasteiger charge is -2.15. The Morgan fingerprint density at radius 2 is 1.67 bits per heavy atom. The first-order chi connectivity index (χ1) is 10.2. The minimum atomic E-state index is 0.590. The van der Waals surface area contributed by atoms with Crippen LogP contribution in [-0.2, 0) is 6.54 Å². The summed E-state index contributed by atoms with van der Waals surface area (Å²) in [4.78, 5) is 0. The van der Waals surface area contributed by atoms with Crippen LogP contribution in [0.3, 0.4) is 0 Å². The molecule has 0 aliphatic carbocycles. The van der Waals surface area contributed by atoms with Crippen LogP contribution in [0.2, 0.25) is 0 Å². The number of benzene rings is 1. The lowest BCUT2D eigenvalue weighted by atomic mass is 10.2. The van der Waals surface area contributed by atoms with E-state index in [1.54, 1.807) is 21.3 Å². The lowest BCUT2D eigenvalue weighted by Crippen LogP contribution is -2.35. The fourth-order valence-corrected chi connectivity index (χ4v) is 2.04. The Kier molecular flexibility index (Phi) is 7.68. The minimum absolute atomic E-state index is 0.590. The minimum Gasteiger partial charge on any atom is -0.493 e. The van der Waals surface area contributed by atoms with Gasteiger partial charge in [0.2, 0.25) is 5.75 Å². The maximum atomic E-state index is 5.32. The van der Waals surface area contributed by atoms with Crippen LogP contribution < -0.4 is 24.8 Å². The van der Waals surface area contributed by atoms with Crippen LogP contribution in [0.1, 0.15) is 25.3 Å². The molecule has 0 fully saturated rings. The lowest BCUT2D eigenvalue weighted by molar-refractivity contribution is 0.323. The number of thiocarbonyl (C=S) groups is 1. The molecule has 1 aromatic carbocycles. The molecule has 21 heavy (non-hydrogen) atoms. The summed E-state index contributed by atoms with van der Waals surface area (Å²) in [6.45, 7) is 3.63. The van der Waals surface area contributed by atoms with Crippen LogP contribution in [0.5, 0.6) is 17.2 Å². The molecule has 0 atom stereocenters. The SMILES string of the molecule is CCCCNC(=S)NCc1cc(OC)c(OC)c(OC)c1. The molecule has 0 spiro atoms. The molecule has 0 radical (unpaired) electrons. The Bertz CT molecular complexity index is 441. The third kappa shape index (κ3) is 5.30. The van der Waals surface area contributed by atoms with E-state index in [4.69, 9.17) is 26.4 Å². The van der Waals surface area contributed by atoms with Gasteiger partial charge < -0.3 is 24.8 Å². The summed E-state index contributed by atoms with van der Waals surface area (Å²) in [5.41, 5.74) is 1.00.